The highest BCUT2D eigenvalue weighted by Crippen LogP contribution is 2.24. The highest BCUT2D eigenvalue weighted by Gasteiger charge is 1.99. The molecular formula is C5H8S2. The first-order valence-electron chi connectivity index (χ1n) is 2.29. The molecule has 0 amide bonds. The molecule has 0 radical (unpaired) electrons. The number of hydrogen-bond acceptors (Lipinski definition) is 2. The Labute approximate surface area is 52.7 Å². The first kappa shape index (κ1) is 5.57. The molecule has 0 saturated heterocycles. The van der Waals surface area contributed by atoms with Gasteiger partial charge in [-0.1, -0.05) is 6.08 Å². The molecule has 7 heavy (non-hydrogen) atoms. The van der Waals surface area contributed by atoms with Crippen LogP contribution in [0.4, 0.5) is 0 Å². The Morgan fingerprint density at radius 2 is 2.57 bits per heavy atom. The van der Waals surface area contributed by atoms with Crippen LogP contribution in [0.3, 0.4) is 0 Å². The maximum atomic E-state index is 2.23. The molecule has 0 aromatic rings. The van der Waals surface area contributed by atoms with Crippen molar-refractivity contribution < 1.29 is 0 Å². The van der Waals surface area contributed by atoms with Crippen molar-refractivity contribution in [2.24, 2.45) is 0 Å². The molecule has 1 rings (SSSR count). The number of rotatable bonds is 0. The maximum Gasteiger partial charge on any atom is 0.0439 e. The van der Waals surface area contributed by atoms with E-state index in [9.17, 15) is 0 Å². The standard InChI is InChI=1S/C5H8S2/c1-5-2-3-6-4-7-5/h2-3,5H,4H2,1H3. The lowest BCUT2D eigenvalue weighted by Gasteiger charge is -2.07. The van der Waals surface area contributed by atoms with Crippen LogP contribution in [0.5, 0.6) is 0 Å². The fraction of sp³-hybridized carbons (Fsp3) is 0.600. The van der Waals surface area contributed by atoms with E-state index in [1.807, 2.05) is 23.5 Å². The molecule has 1 heterocycles. The van der Waals surface area contributed by atoms with Crippen LogP contribution in [0.2, 0.25) is 0 Å². The first-order valence-corrected chi connectivity index (χ1v) is 4.39. The Morgan fingerprint density at radius 1 is 1.71 bits per heavy atom. The molecule has 1 unspecified atom stereocenters. The summed E-state index contributed by atoms with van der Waals surface area (Å²) in [5, 5.41) is 4.17. The largest absolute Gasteiger partial charge is 0.143 e. The van der Waals surface area contributed by atoms with E-state index < -0.39 is 0 Å². The molecule has 0 bridgehead atoms. The molecule has 0 spiro atoms. The third-order valence-corrected chi connectivity index (χ3v) is 2.97. The third kappa shape index (κ3) is 1.78. The van der Waals surface area contributed by atoms with E-state index in [0.29, 0.717) is 0 Å². The highest BCUT2D eigenvalue weighted by molar-refractivity contribution is 8.18. The van der Waals surface area contributed by atoms with Crippen LogP contribution in [0.15, 0.2) is 11.5 Å². The van der Waals surface area contributed by atoms with Gasteiger partial charge in [0.05, 0.1) is 0 Å². The van der Waals surface area contributed by atoms with Crippen LogP contribution in [0.25, 0.3) is 0 Å². The maximum absolute atomic E-state index is 2.23. The monoisotopic (exact) mass is 132 g/mol. The van der Waals surface area contributed by atoms with Crippen molar-refractivity contribution in [3.63, 3.8) is 0 Å². The molecule has 2 heteroatoms. The zero-order valence-corrected chi connectivity index (χ0v) is 5.89. The smallest absolute Gasteiger partial charge is 0.0439 e. The van der Waals surface area contributed by atoms with Gasteiger partial charge < -0.3 is 0 Å². The van der Waals surface area contributed by atoms with E-state index in [-0.39, 0.29) is 0 Å². The van der Waals surface area contributed by atoms with Crippen molar-refractivity contribution in [1.82, 2.24) is 0 Å². The van der Waals surface area contributed by atoms with Crippen molar-refractivity contribution in [2.45, 2.75) is 12.2 Å². The Balaban J connectivity index is 2.36. The van der Waals surface area contributed by atoms with Gasteiger partial charge in [0.25, 0.3) is 0 Å². The topological polar surface area (TPSA) is 0 Å². The molecule has 40 valence electrons. The van der Waals surface area contributed by atoms with Crippen molar-refractivity contribution in [3.05, 3.63) is 11.5 Å². The van der Waals surface area contributed by atoms with Crippen molar-refractivity contribution in [1.29, 1.82) is 0 Å². The quantitative estimate of drug-likeness (QED) is 0.496. The molecule has 0 aromatic heterocycles. The second kappa shape index (κ2) is 2.68. The van der Waals surface area contributed by atoms with Gasteiger partial charge in [-0.25, -0.2) is 0 Å². The van der Waals surface area contributed by atoms with Gasteiger partial charge in [0.1, 0.15) is 0 Å². The summed E-state index contributed by atoms with van der Waals surface area (Å²) in [5.74, 6) is 0. The van der Waals surface area contributed by atoms with Crippen LogP contribution in [-0.4, -0.2) is 10.3 Å². The average molecular weight is 132 g/mol. The summed E-state index contributed by atoms with van der Waals surface area (Å²) in [7, 11) is 0. The molecule has 0 fully saturated rings. The summed E-state index contributed by atoms with van der Waals surface area (Å²) in [4.78, 5) is 0. The summed E-state index contributed by atoms with van der Waals surface area (Å²) in [6.45, 7) is 2.22. The molecule has 1 aliphatic rings. The van der Waals surface area contributed by atoms with E-state index in [4.69, 9.17) is 0 Å². The van der Waals surface area contributed by atoms with Crippen LogP contribution in [0, 0.1) is 0 Å². The Bertz CT molecular complexity index is 78.1. The molecule has 0 N–H and O–H groups in total. The number of hydrogen-bond donors (Lipinski definition) is 0. The summed E-state index contributed by atoms with van der Waals surface area (Å²) in [5.41, 5.74) is 0. The minimum atomic E-state index is 0.751. The fourth-order valence-corrected chi connectivity index (χ4v) is 2.53. The Hall–Kier alpha value is 0.440. The lowest BCUT2D eigenvalue weighted by atomic mass is 10.5. The van der Waals surface area contributed by atoms with Gasteiger partial charge in [-0.3, -0.25) is 0 Å². The van der Waals surface area contributed by atoms with E-state index in [1.165, 1.54) is 5.08 Å². The molecule has 0 nitrogen and oxygen atoms in total. The normalized spacial score (nSPS) is 30.7. The second-order valence-electron chi connectivity index (χ2n) is 1.48. The second-order valence-corrected chi connectivity index (χ2v) is 4.11. The van der Waals surface area contributed by atoms with Gasteiger partial charge in [-0.15, -0.1) is 23.5 Å². The van der Waals surface area contributed by atoms with Crippen LogP contribution in [-0.2, 0) is 0 Å². The minimum Gasteiger partial charge on any atom is -0.143 e. The predicted octanol–water partition coefficient (Wildman–Crippen LogP) is 2.33. The number of thioether (sulfide) groups is 2. The van der Waals surface area contributed by atoms with Crippen molar-refractivity contribution >= 4 is 23.5 Å². The Kier molecular flexibility index (Phi) is 2.13. The van der Waals surface area contributed by atoms with Crippen molar-refractivity contribution in [2.75, 3.05) is 5.08 Å². The van der Waals surface area contributed by atoms with Crippen LogP contribution < -0.4 is 0 Å². The van der Waals surface area contributed by atoms with Crippen LogP contribution in [0.1, 0.15) is 6.92 Å². The zero-order valence-electron chi connectivity index (χ0n) is 4.26. The third-order valence-electron chi connectivity index (χ3n) is 0.845. The molecule has 1 atom stereocenters. The highest BCUT2D eigenvalue weighted by atomic mass is 32.2. The predicted molar refractivity (Wildman–Crippen MR) is 38.7 cm³/mol. The summed E-state index contributed by atoms with van der Waals surface area (Å²) in [6, 6.07) is 0. The van der Waals surface area contributed by atoms with Gasteiger partial charge in [-0.2, -0.15) is 0 Å². The van der Waals surface area contributed by atoms with Gasteiger partial charge in [-0.05, 0) is 12.3 Å². The Morgan fingerprint density at radius 3 is 2.86 bits per heavy atom. The van der Waals surface area contributed by atoms with Crippen molar-refractivity contribution in [3.8, 4) is 0 Å². The summed E-state index contributed by atoms with van der Waals surface area (Å²) < 4.78 is 0. The first-order chi connectivity index (χ1) is 3.39. The lowest BCUT2D eigenvalue weighted by Crippen LogP contribution is -1.92. The molecule has 0 saturated carbocycles. The SMILES string of the molecule is CC1C=CSCS1. The van der Waals surface area contributed by atoms with E-state index in [2.05, 4.69) is 18.4 Å². The van der Waals surface area contributed by atoms with Gasteiger partial charge in [0.2, 0.25) is 0 Å². The van der Waals surface area contributed by atoms with Gasteiger partial charge in [0.15, 0.2) is 0 Å². The zero-order chi connectivity index (χ0) is 5.11. The molecular weight excluding hydrogens is 124 g/mol. The van der Waals surface area contributed by atoms with E-state index >= 15 is 0 Å². The summed E-state index contributed by atoms with van der Waals surface area (Å²) >= 11 is 3.88. The van der Waals surface area contributed by atoms with E-state index in [0.717, 1.165) is 5.25 Å². The average Bonchev–Trinajstić information content (AvgIpc) is 1.69. The fourth-order valence-electron chi connectivity index (χ4n) is 0.408. The van der Waals surface area contributed by atoms with Gasteiger partial charge in [0, 0.05) is 10.3 Å². The summed E-state index contributed by atoms with van der Waals surface area (Å²) in [6.07, 6.45) is 2.23. The van der Waals surface area contributed by atoms with Crippen LogP contribution >= 0.6 is 23.5 Å². The minimum absolute atomic E-state index is 0.751. The lowest BCUT2D eigenvalue weighted by molar-refractivity contribution is 1.25. The molecule has 0 aromatic carbocycles. The molecule has 0 aliphatic carbocycles. The van der Waals surface area contributed by atoms with Gasteiger partial charge >= 0.3 is 0 Å². The molecule has 1 aliphatic heterocycles. The van der Waals surface area contributed by atoms with E-state index in [1.54, 1.807) is 0 Å².